The minimum Gasteiger partial charge on any atom is -0.437 e. The van der Waals surface area contributed by atoms with Crippen molar-refractivity contribution >= 4 is 23.1 Å². The van der Waals surface area contributed by atoms with Gasteiger partial charge in [-0.05, 0) is 37.6 Å². The normalized spacial score (nSPS) is 10.3. The lowest BCUT2D eigenvalue weighted by Crippen LogP contribution is -2.05. The number of aromatic nitrogens is 2. The molecule has 1 heterocycles. The molecule has 0 unspecified atom stereocenters. The van der Waals surface area contributed by atoms with E-state index in [0.717, 1.165) is 12.1 Å². The fourth-order valence-electron chi connectivity index (χ4n) is 1.56. The van der Waals surface area contributed by atoms with E-state index in [1.54, 1.807) is 12.1 Å². The second-order valence-electron chi connectivity index (χ2n) is 3.98. The van der Waals surface area contributed by atoms with Crippen molar-refractivity contribution in [3.63, 3.8) is 0 Å². The number of rotatable bonds is 4. The molecule has 5 nitrogen and oxygen atoms in total. The van der Waals surface area contributed by atoms with Gasteiger partial charge in [-0.2, -0.15) is 4.98 Å². The van der Waals surface area contributed by atoms with E-state index in [4.69, 9.17) is 22.1 Å². The summed E-state index contributed by atoms with van der Waals surface area (Å²) in [5.41, 5.74) is 7.26. The lowest BCUT2D eigenvalue weighted by atomic mass is 10.2. The number of benzene rings is 1. The van der Waals surface area contributed by atoms with Crippen LogP contribution in [0.5, 0.6) is 11.6 Å². The molecule has 0 saturated heterocycles. The Kier molecular flexibility index (Phi) is 4.06. The van der Waals surface area contributed by atoms with Gasteiger partial charge in [0.1, 0.15) is 17.8 Å². The molecule has 0 aliphatic carbocycles. The summed E-state index contributed by atoms with van der Waals surface area (Å²) < 4.78 is 5.66. The van der Waals surface area contributed by atoms with E-state index in [1.165, 1.54) is 6.33 Å². The maximum Gasteiger partial charge on any atom is 0.248 e. The molecule has 0 atom stereocenters. The molecule has 0 saturated carbocycles. The van der Waals surface area contributed by atoms with Gasteiger partial charge in [-0.3, -0.25) is 0 Å². The Morgan fingerprint density at radius 2 is 2.16 bits per heavy atom. The van der Waals surface area contributed by atoms with Crippen LogP contribution in [0.1, 0.15) is 12.5 Å². The van der Waals surface area contributed by atoms with Crippen LogP contribution in [0, 0.1) is 6.92 Å². The number of anilines is 2. The summed E-state index contributed by atoms with van der Waals surface area (Å²) >= 11 is 5.97. The molecule has 1 aromatic heterocycles. The molecule has 0 aliphatic rings. The highest BCUT2D eigenvalue weighted by atomic mass is 35.5. The first-order chi connectivity index (χ1) is 9.11. The molecule has 0 amide bonds. The maximum absolute atomic E-state index is 5.97. The van der Waals surface area contributed by atoms with Crippen molar-refractivity contribution < 1.29 is 4.74 Å². The average molecular weight is 279 g/mol. The number of hydrogen-bond donors (Lipinski definition) is 2. The first-order valence-electron chi connectivity index (χ1n) is 5.90. The Morgan fingerprint density at radius 3 is 2.84 bits per heavy atom. The maximum atomic E-state index is 5.97. The van der Waals surface area contributed by atoms with Gasteiger partial charge in [0.2, 0.25) is 5.88 Å². The van der Waals surface area contributed by atoms with Gasteiger partial charge in [-0.15, -0.1) is 0 Å². The second-order valence-corrected chi connectivity index (χ2v) is 4.39. The van der Waals surface area contributed by atoms with Gasteiger partial charge >= 0.3 is 0 Å². The third kappa shape index (κ3) is 3.06. The molecule has 0 bridgehead atoms. The van der Waals surface area contributed by atoms with Crippen molar-refractivity contribution in [3.05, 3.63) is 35.1 Å². The molecule has 0 fully saturated rings. The standard InChI is InChI=1S/C13H15ClN4O/c1-3-16-12-11(15)13(18-7-17-12)19-9-4-5-10(14)8(2)6-9/h4-7H,3,15H2,1-2H3,(H,16,17,18). The molecule has 0 radical (unpaired) electrons. The van der Waals surface area contributed by atoms with Gasteiger partial charge in [0.15, 0.2) is 5.82 Å². The third-order valence-corrected chi connectivity index (χ3v) is 2.96. The van der Waals surface area contributed by atoms with Crippen molar-refractivity contribution in [1.29, 1.82) is 0 Å². The predicted octanol–water partition coefficient (Wildman–Crippen LogP) is 3.24. The number of ether oxygens (including phenoxy) is 1. The quantitative estimate of drug-likeness (QED) is 0.898. The first kappa shape index (κ1) is 13.4. The Bertz CT molecular complexity index is 589. The van der Waals surface area contributed by atoms with Crippen LogP contribution < -0.4 is 15.8 Å². The van der Waals surface area contributed by atoms with Crippen LogP contribution in [0.15, 0.2) is 24.5 Å². The molecule has 0 aliphatic heterocycles. The van der Waals surface area contributed by atoms with Gasteiger partial charge in [0, 0.05) is 11.6 Å². The van der Waals surface area contributed by atoms with Gasteiger partial charge in [0.05, 0.1) is 0 Å². The molecule has 100 valence electrons. The van der Waals surface area contributed by atoms with Crippen LogP contribution in [0.25, 0.3) is 0 Å². The fourth-order valence-corrected chi connectivity index (χ4v) is 1.68. The number of hydrogen-bond acceptors (Lipinski definition) is 5. The number of nitrogens with zero attached hydrogens (tertiary/aromatic N) is 2. The summed E-state index contributed by atoms with van der Waals surface area (Å²) in [5.74, 6) is 1.53. The fraction of sp³-hybridized carbons (Fsp3) is 0.231. The minimum absolute atomic E-state index is 0.327. The average Bonchev–Trinajstić information content (AvgIpc) is 2.39. The predicted molar refractivity (Wildman–Crippen MR) is 76.9 cm³/mol. The van der Waals surface area contributed by atoms with Crippen molar-refractivity contribution in [2.24, 2.45) is 0 Å². The number of halogens is 1. The molecular formula is C13H15ClN4O. The Balaban J connectivity index is 2.27. The second kappa shape index (κ2) is 5.75. The Hall–Kier alpha value is -2.01. The lowest BCUT2D eigenvalue weighted by molar-refractivity contribution is 0.464. The lowest BCUT2D eigenvalue weighted by Gasteiger charge is -2.11. The molecule has 0 spiro atoms. The van der Waals surface area contributed by atoms with Crippen molar-refractivity contribution in [3.8, 4) is 11.6 Å². The Labute approximate surface area is 116 Å². The van der Waals surface area contributed by atoms with Crippen molar-refractivity contribution in [2.75, 3.05) is 17.6 Å². The van der Waals surface area contributed by atoms with Crippen LogP contribution in [-0.4, -0.2) is 16.5 Å². The van der Waals surface area contributed by atoms with Crippen LogP contribution in [-0.2, 0) is 0 Å². The third-order valence-electron chi connectivity index (χ3n) is 2.54. The van der Waals surface area contributed by atoms with Crippen LogP contribution in [0.3, 0.4) is 0 Å². The minimum atomic E-state index is 0.327. The van der Waals surface area contributed by atoms with E-state index in [-0.39, 0.29) is 0 Å². The largest absolute Gasteiger partial charge is 0.437 e. The van der Waals surface area contributed by atoms with Crippen LogP contribution in [0.2, 0.25) is 5.02 Å². The summed E-state index contributed by atoms with van der Waals surface area (Å²) in [7, 11) is 0. The molecular weight excluding hydrogens is 264 g/mol. The number of nitrogens with one attached hydrogen (secondary N) is 1. The number of nitrogen functional groups attached to an aromatic ring is 1. The highest BCUT2D eigenvalue weighted by Gasteiger charge is 2.10. The molecule has 19 heavy (non-hydrogen) atoms. The number of aryl methyl sites for hydroxylation is 1. The van der Waals surface area contributed by atoms with Crippen LogP contribution >= 0.6 is 11.6 Å². The summed E-state index contributed by atoms with van der Waals surface area (Å²) in [6.07, 6.45) is 1.41. The molecule has 2 rings (SSSR count). The van der Waals surface area contributed by atoms with Gasteiger partial charge in [-0.25, -0.2) is 4.98 Å². The highest BCUT2D eigenvalue weighted by Crippen LogP contribution is 2.30. The van der Waals surface area contributed by atoms with Gasteiger partial charge < -0.3 is 15.8 Å². The van der Waals surface area contributed by atoms with E-state index in [1.807, 2.05) is 19.9 Å². The first-order valence-corrected chi connectivity index (χ1v) is 6.28. The molecule has 3 N–H and O–H groups in total. The van der Waals surface area contributed by atoms with Crippen molar-refractivity contribution in [1.82, 2.24) is 9.97 Å². The summed E-state index contributed by atoms with van der Waals surface area (Å²) in [6.45, 7) is 4.59. The summed E-state index contributed by atoms with van der Waals surface area (Å²) in [6, 6.07) is 5.37. The number of nitrogens with two attached hydrogens (primary N) is 1. The summed E-state index contributed by atoms with van der Waals surface area (Å²) in [4.78, 5) is 8.09. The Morgan fingerprint density at radius 1 is 1.37 bits per heavy atom. The zero-order chi connectivity index (χ0) is 13.8. The van der Waals surface area contributed by atoms with E-state index in [0.29, 0.717) is 28.2 Å². The van der Waals surface area contributed by atoms with Gasteiger partial charge in [-0.1, -0.05) is 11.6 Å². The van der Waals surface area contributed by atoms with Crippen molar-refractivity contribution in [2.45, 2.75) is 13.8 Å². The van der Waals surface area contributed by atoms with E-state index in [2.05, 4.69) is 15.3 Å². The zero-order valence-corrected chi connectivity index (χ0v) is 11.5. The molecule has 6 heteroatoms. The smallest absolute Gasteiger partial charge is 0.248 e. The molecule has 1 aromatic carbocycles. The van der Waals surface area contributed by atoms with Gasteiger partial charge in [0.25, 0.3) is 0 Å². The van der Waals surface area contributed by atoms with Crippen LogP contribution in [0.4, 0.5) is 11.5 Å². The molecule has 2 aromatic rings. The van der Waals surface area contributed by atoms with E-state index in [9.17, 15) is 0 Å². The SMILES string of the molecule is CCNc1ncnc(Oc2ccc(Cl)c(C)c2)c1N. The topological polar surface area (TPSA) is 73.1 Å². The van der Waals surface area contributed by atoms with E-state index < -0.39 is 0 Å². The summed E-state index contributed by atoms with van der Waals surface area (Å²) in [5, 5.41) is 3.74. The monoisotopic (exact) mass is 278 g/mol. The van der Waals surface area contributed by atoms with E-state index >= 15 is 0 Å². The zero-order valence-electron chi connectivity index (χ0n) is 10.8. The highest BCUT2D eigenvalue weighted by molar-refractivity contribution is 6.31.